The predicted molar refractivity (Wildman–Crippen MR) is 91.7 cm³/mol. The minimum absolute atomic E-state index is 0.182. The highest BCUT2D eigenvalue weighted by molar-refractivity contribution is 5.70. The maximum Gasteiger partial charge on any atom is 0.411 e. The van der Waals surface area contributed by atoms with Crippen LogP contribution in [-0.2, 0) is 4.74 Å². The van der Waals surface area contributed by atoms with Crippen molar-refractivity contribution in [2.75, 3.05) is 0 Å². The highest BCUT2D eigenvalue weighted by atomic mass is 16.6. The lowest BCUT2D eigenvalue weighted by Gasteiger charge is -2.34. The molecule has 0 N–H and O–H groups in total. The highest BCUT2D eigenvalue weighted by Gasteiger charge is 2.52. The van der Waals surface area contributed by atoms with Gasteiger partial charge in [0, 0.05) is 11.6 Å². The Bertz CT molecular complexity index is 766. The van der Waals surface area contributed by atoms with Crippen LogP contribution in [0.25, 0.3) is 11.4 Å². The van der Waals surface area contributed by atoms with Crippen molar-refractivity contribution in [1.82, 2.24) is 15.0 Å². The average molecular weight is 341 g/mol. The van der Waals surface area contributed by atoms with Gasteiger partial charge in [0.1, 0.15) is 11.6 Å². The number of nitrogens with zero attached hydrogens (tertiary/aromatic N) is 3. The number of carbonyl (C=O) groups excluding carboxylic acids is 1. The van der Waals surface area contributed by atoms with E-state index in [-0.39, 0.29) is 18.2 Å². The Hall–Kier alpha value is -2.37. The molecule has 1 aromatic carbocycles. The zero-order chi connectivity index (χ0) is 17.6. The van der Waals surface area contributed by atoms with Gasteiger partial charge >= 0.3 is 6.09 Å². The normalized spacial score (nSPS) is 25.4. The Morgan fingerprint density at radius 2 is 2.00 bits per heavy atom. The number of likely N-dealkylation sites (tertiary alicyclic amines) is 1. The average Bonchev–Trinajstić information content (AvgIpc) is 3.29. The van der Waals surface area contributed by atoms with Gasteiger partial charge in [-0.15, -0.1) is 0 Å². The molecule has 1 saturated carbocycles. The van der Waals surface area contributed by atoms with Crippen molar-refractivity contribution in [3.63, 3.8) is 0 Å². The summed E-state index contributed by atoms with van der Waals surface area (Å²) in [5.74, 6) is 1.43. The maximum absolute atomic E-state index is 12.7. The van der Waals surface area contributed by atoms with Crippen LogP contribution in [-0.4, -0.2) is 32.8 Å². The van der Waals surface area contributed by atoms with Gasteiger partial charge in [-0.2, -0.15) is 4.98 Å². The number of hydrogen-bond acceptors (Lipinski definition) is 5. The highest BCUT2D eigenvalue weighted by Crippen LogP contribution is 2.50. The lowest BCUT2D eigenvalue weighted by Crippen LogP contribution is -2.43. The van der Waals surface area contributed by atoms with Gasteiger partial charge < -0.3 is 9.26 Å². The summed E-state index contributed by atoms with van der Waals surface area (Å²) in [4.78, 5) is 19.1. The second kappa shape index (κ2) is 5.86. The number of benzene rings is 1. The molecule has 1 amide bonds. The molecule has 6 heteroatoms. The first-order valence-corrected chi connectivity index (χ1v) is 8.83. The zero-order valence-electron chi connectivity index (χ0n) is 14.8. The van der Waals surface area contributed by atoms with E-state index in [0.717, 1.165) is 24.8 Å². The topological polar surface area (TPSA) is 68.5 Å². The van der Waals surface area contributed by atoms with Gasteiger partial charge in [-0.3, -0.25) is 4.90 Å². The van der Waals surface area contributed by atoms with E-state index in [1.165, 1.54) is 0 Å². The summed E-state index contributed by atoms with van der Waals surface area (Å²) in [6.07, 6.45) is 2.79. The number of aromatic nitrogens is 2. The molecular weight excluding hydrogens is 318 g/mol. The Kier molecular flexibility index (Phi) is 3.78. The Morgan fingerprint density at radius 1 is 1.24 bits per heavy atom. The summed E-state index contributed by atoms with van der Waals surface area (Å²) in [6.45, 7) is 5.65. The van der Waals surface area contributed by atoms with Crippen molar-refractivity contribution in [2.45, 2.75) is 57.7 Å². The quantitative estimate of drug-likeness (QED) is 0.819. The van der Waals surface area contributed by atoms with Crippen LogP contribution in [0.1, 0.15) is 52.0 Å². The summed E-state index contributed by atoms with van der Waals surface area (Å²) in [7, 11) is 0. The van der Waals surface area contributed by atoms with Crippen molar-refractivity contribution < 1.29 is 14.1 Å². The van der Waals surface area contributed by atoms with E-state index in [0.29, 0.717) is 17.6 Å². The molecule has 0 unspecified atom stereocenters. The van der Waals surface area contributed by atoms with E-state index < -0.39 is 5.60 Å². The summed E-state index contributed by atoms with van der Waals surface area (Å²) in [6, 6.07) is 9.74. The van der Waals surface area contributed by atoms with Crippen LogP contribution in [0.3, 0.4) is 0 Å². The molecule has 1 aliphatic carbocycles. The third-order valence-electron chi connectivity index (χ3n) is 4.92. The molecule has 0 spiro atoms. The molecule has 1 saturated heterocycles. The van der Waals surface area contributed by atoms with E-state index in [1.807, 2.05) is 56.0 Å². The molecule has 2 heterocycles. The smallest absolute Gasteiger partial charge is 0.411 e. The standard InChI is InChI=1S/C19H23N3O3/c1-19(2,3)24-18(23)22-14-10-9-13(11-14)15(22)17-20-16(21-25-17)12-7-5-4-6-8-12/h4-8,13-15H,9-11H2,1-3H3/t13-,14+,15-/m0/s1. The first kappa shape index (κ1) is 16.1. The Balaban J connectivity index is 1.62. The van der Waals surface area contributed by atoms with E-state index in [9.17, 15) is 4.79 Å². The Morgan fingerprint density at radius 3 is 2.72 bits per heavy atom. The minimum atomic E-state index is -0.520. The number of rotatable bonds is 2. The fourth-order valence-electron chi connectivity index (χ4n) is 3.94. The van der Waals surface area contributed by atoms with Gasteiger partial charge in [-0.25, -0.2) is 4.79 Å². The number of piperidine rings is 1. The molecule has 132 valence electrons. The van der Waals surface area contributed by atoms with Crippen LogP contribution in [0.4, 0.5) is 4.79 Å². The largest absolute Gasteiger partial charge is 0.444 e. The summed E-state index contributed by atoms with van der Waals surface area (Å²) in [5.41, 5.74) is 0.387. The minimum Gasteiger partial charge on any atom is -0.444 e. The fourth-order valence-corrected chi connectivity index (χ4v) is 3.94. The Labute approximate surface area is 147 Å². The van der Waals surface area contributed by atoms with Crippen molar-refractivity contribution in [2.24, 2.45) is 5.92 Å². The molecule has 25 heavy (non-hydrogen) atoms. The van der Waals surface area contributed by atoms with Crippen LogP contribution in [0, 0.1) is 5.92 Å². The molecule has 2 aromatic rings. The molecule has 1 aromatic heterocycles. The van der Waals surface area contributed by atoms with Gasteiger partial charge in [-0.05, 0) is 46.0 Å². The number of amides is 1. The fraction of sp³-hybridized carbons (Fsp3) is 0.526. The van der Waals surface area contributed by atoms with Crippen LogP contribution < -0.4 is 0 Å². The van der Waals surface area contributed by atoms with Gasteiger partial charge in [0.2, 0.25) is 11.7 Å². The number of carbonyl (C=O) groups is 1. The summed E-state index contributed by atoms with van der Waals surface area (Å²) in [5, 5.41) is 4.12. The van der Waals surface area contributed by atoms with Crippen LogP contribution in [0.2, 0.25) is 0 Å². The SMILES string of the molecule is CC(C)(C)OC(=O)N1[C@@H]2CC[C@@H](C2)[C@H]1c1nc(-c2ccccc2)no1. The van der Waals surface area contributed by atoms with Gasteiger partial charge in [0.05, 0.1) is 0 Å². The third kappa shape index (κ3) is 3.01. The van der Waals surface area contributed by atoms with E-state index in [1.54, 1.807) is 0 Å². The predicted octanol–water partition coefficient (Wildman–Crippen LogP) is 4.20. The van der Waals surface area contributed by atoms with Crippen molar-refractivity contribution in [3.05, 3.63) is 36.2 Å². The molecule has 2 aliphatic rings. The van der Waals surface area contributed by atoms with Gasteiger partial charge in [0.15, 0.2) is 0 Å². The van der Waals surface area contributed by atoms with Gasteiger partial charge in [-0.1, -0.05) is 35.5 Å². The van der Waals surface area contributed by atoms with Crippen molar-refractivity contribution in [1.29, 1.82) is 0 Å². The molecule has 3 atom stereocenters. The number of hydrogen-bond donors (Lipinski definition) is 0. The number of fused-ring (bicyclic) bond motifs is 2. The second-order valence-electron chi connectivity index (χ2n) is 7.88. The molecule has 2 fully saturated rings. The van der Waals surface area contributed by atoms with E-state index in [2.05, 4.69) is 10.1 Å². The van der Waals surface area contributed by atoms with Crippen LogP contribution in [0.5, 0.6) is 0 Å². The van der Waals surface area contributed by atoms with Crippen molar-refractivity contribution >= 4 is 6.09 Å². The monoisotopic (exact) mass is 341 g/mol. The van der Waals surface area contributed by atoms with E-state index >= 15 is 0 Å². The third-order valence-corrected chi connectivity index (χ3v) is 4.92. The lowest BCUT2D eigenvalue weighted by atomic mass is 9.99. The first-order chi connectivity index (χ1) is 11.9. The maximum atomic E-state index is 12.7. The molecule has 6 nitrogen and oxygen atoms in total. The lowest BCUT2D eigenvalue weighted by molar-refractivity contribution is 0.00305. The summed E-state index contributed by atoms with van der Waals surface area (Å²) >= 11 is 0. The van der Waals surface area contributed by atoms with Crippen LogP contribution >= 0.6 is 0 Å². The zero-order valence-corrected chi connectivity index (χ0v) is 14.8. The van der Waals surface area contributed by atoms with Crippen molar-refractivity contribution in [3.8, 4) is 11.4 Å². The first-order valence-electron chi connectivity index (χ1n) is 8.83. The summed E-state index contributed by atoms with van der Waals surface area (Å²) < 4.78 is 11.2. The van der Waals surface area contributed by atoms with Crippen LogP contribution in [0.15, 0.2) is 34.9 Å². The second-order valence-corrected chi connectivity index (χ2v) is 7.88. The molecule has 0 radical (unpaired) electrons. The molecular formula is C19H23N3O3. The molecule has 2 bridgehead atoms. The number of ether oxygens (including phenoxy) is 1. The van der Waals surface area contributed by atoms with E-state index in [4.69, 9.17) is 9.26 Å². The van der Waals surface area contributed by atoms with Gasteiger partial charge in [0.25, 0.3) is 0 Å². The molecule has 4 rings (SSSR count). The molecule has 1 aliphatic heterocycles.